The van der Waals surface area contributed by atoms with Gasteiger partial charge in [-0.15, -0.1) is 10.2 Å². The van der Waals surface area contributed by atoms with E-state index in [1.54, 1.807) is 4.68 Å². The van der Waals surface area contributed by atoms with E-state index in [1.807, 2.05) is 32.9 Å². The summed E-state index contributed by atoms with van der Waals surface area (Å²) in [6, 6.07) is 3.72. The molecule has 2 rings (SSSR count). The Morgan fingerprint density at radius 2 is 1.95 bits per heavy atom. The van der Waals surface area contributed by atoms with Crippen molar-refractivity contribution in [3.63, 3.8) is 0 Å². The van der Waals surface area contributed by atoms with Crippen LogP contribution in [0.3, 0.4) is 0 Å². The quantitative estimate of drug-likeness (QED) is 0.806. The number of anilines is 1. The molecule has 0 fully saturated rings. The lowest BCUT2D eigenvalue weighted by Gasteiger charge is -2.07. The maximum atomic E-state index is 10.7. The molecule has 0 aliphatic carbocycles. The molecular formula is C14H20N6O. The molecule has 0 bridgehead atoms. The summed E-state index contributed by atoms with van der Waals surface area (Å²) in [6.45, 7) is 8.67. The Hall–Kier alpha value is -2.44. The first-order valence-corrected chi connectivity index (χ1v) is 6.84. The van der Waals surface area contributed by atoms with E-state index in [4.69, 9.17) is 0 Å². The molecule has 0 atom stereocenters. The summed E-state index contributed by atoms with van der Waals surface area (Å²) in [5.41, 5.74) is 3.22. The number of amides is 1. The molecule has 0 aliphatic rings. The van der Waals surface area contributed by atoms with Gasteiger partial charge in [-0.3, -0.25) is 4.79 Å². The molecule has 0 saturated carbocycles. The van der Waals surface area contributed by atoms with Gasteiger partial charge in [-0.25, -0.2) is 4.68 Å². The van der Waals surface area contributed by atoms with Crippen molar-refractivity contribution >= 4 is 11.7 Å². The number of carbonyl (C=O) groups excluding carboxylic acids is 1. The second kappa shape index (κ2) is 6.34. The van der Waals surface area contributed by atoms with E-state index in [-0.39, 0.29) is 5.91 Å². The van der Waals surface area contributed by atoms with E-state index in [0.717, 1.165) is 17.0 Å². The van der Waals surface area contributed by atoms with Crippen molar-refractivity contribution in [2.75, 3.05) is 18.4 Å². The maximum absolute atomic E-state index is 10.7. The van der Waals surface area contributed by atoms with Crippen LogP contribution in [0.15, 0.2) is 12.1 Å². The Morgan fingerprint density at radius 3 is 2.48 bits per heavy atom. The molecule has 1 amide bonds. The van der Waals surface area contributed by atoms with E-state index in [1.165, 1.54) is 6.92 Å². The van der Waals surface area contributed by atoms with Crippen LogP contribution in [0.25, 0.3) is 5.82 Å². The Kier molecular flexibility index (Phi) is 4.52. The van der Waals surface area contributed by atoms with Crippen molar-refractivity contribution in [3.8, 4) is 5.82 Å². The van der Waals surface area contributed by atoms with E-state index >= 15 is 0 Å². The SMILES string of the molecule is CC(=O)NCCNc1ccc(-n2nc(C)c(C)c2C)nn1. The lowest BCUT2D eigenvalue weighted by atomic mass is 10.2. The molecule has 112 valence electrons. The van der Waals surface area contributed by atoms with E-state index in [2.05, 4.69) is 25.9 Å². The summed E-state index contributed by atoms with van der Waals surface area (Å²) in [5, 5.41) is 18.5. The van der Waals surface area contributed by atoms with Crippen molar-refractivity contribution in [1.29, 1.82) is 0 Å². The number of hydrogen-bond donors (Lipinski definition) is 2. The zero-order valence-corrected chi connectivity index (χ0v) is 12.8. The number of hydrogen-bond acceptors (Lipinski definition) is 5. The van der Waals surface area contributed by atoms with Crippen LogP contribution in [-0.4, -0.2) is 39.0 Å². The highest BCUT2D eigenvalue weighted by Gasteiger charge is 2.10. The van der Waals surface area contributed by atoms with Crippen molar-refractivity contribution < 1.29 is 4.79 Å². The standard InChI is InChI=1S/C14H20N6O/c1-9-10(2)19-20(11(9)3)14-6-5-13(17-18-14)16-8-7-15-12(4)21/h5-6H,7-8H2,1-4H3,(H,15,21)(H,16,17). The summed E-state index contributed by atoms with van der Waals surface area (Å²) in [4.78, 5) is 10.7. The molecular weight excluding hydrogens is 268 g/mol. The molecule has 0 aromatic carbocycles. The topological polar surface area (TPSA) is 84.7 Å². The van der Waals surface area contributed by atoms with E-state index in [0.29, 0.717) is 24.7 Å². The van der Waals surface area contributed by atoms with Gasteiger partial charge in [0, 0.05) is 25.7 Å². The molecule has 2 N–H and O–H groups in total. The predicted molar refractivity (Wildman–Crippen MR) is 80.5 cm³/mol. The van der Waals surface area contributed by atoms with E-state index in [9.17, 15) is 4.79 Å². The third kappa shape index (κ3) is 3.56. The fraction of sp³-hybridized carbons (Fsp3) is 0.429. The predicted octanol–water partition coefficient (Wildman–Crippen LogP) is 1.14. The molecule has 7 heteroatoms. The Morgan fingerprint density at radius 1 is 1.19 bits per heavy atom. The Labute approximate surface area is 123 Å². The molecule has 7 nitrogen and oxygen atoms in total. The highest BCUT2D eigenvalue weighted by atomic mass is 16.1. The zero-order valence-electron chi connectivity index (χ0n) is 12.8. The van der Waals surface area contributed by atoms with Crippen LogP contribution in [0.5, 0.6) is 0 Å². The zero-order chi connectivity index (χ0) is 15.4. The van der Waals surface area contributed by atoms with Crippen LogP contribution in [-0.2, 0) is 4.79 Å². The van der Waals surface area contributed by atoms with Crippen LogP contribution in [0.2, 0.25) is 0 Å². The first kappa shape index (κ1) is 15.0. The lowest BCUT2D eigenvalue weighted by molar-refractivity contribution is -0.118. The maximum Gasteiger partial charge on any atom is 0.216 e. The number of carbonyl (C=O) groups is 1. The number of nitrogens with one attached hydrogen (secondary N) is 2. The van der Waals surface area contributed by atoms with Crippen molar-refractivity contribution in [2.45, 2.75) is 27.7 Å². The average molecular weight is 288 g/mol. The van der Waals surface area contributed by atoms with Crippen molar-refractivity contribution in [1.82, 2.24) is 25.3 Å². The number of nitrogens with zero attached hydrogens (tertiary/aromatic N) is 4. The number of aromatic nitrogens is 4. The van der Waals surface area contributed by atoms with E-state index < -0.39 is 0 Å². The van der Waals surface area contributed by atoms with Crippen LogP contribution >= 0.6 is 0 Å². The van der Waals surface area contributed by atoms with Crippen LogP contribution < -0.4 is 10.6 Å². The summed E-state index contributed by atoms with van der Waals surface area (Å²) in [6.07, 6.45) is 0. The Balaban J connectivity index is 2.02. The molecule has 0 spiro atoms. The summed E-state index contributed by atoms with van der Waals surface area (Å²) in [7, 11) is 0. The molecule has 0 radical (unpaired) electrons. The van der Waals surface area contributed by atoms with Gasteiger partial charge in [0.15, 0.2) is 5.82 Å². The molecule has 2 aromatic rings. The van der Waals surface area contributed by atoms with Gasteiger partial charge in [0.05, 0.1) is 5.69 Å². The molecule has 0 unspecified atom stereocenters. The Bertz CT molecular complexity index is 632. The van der Waals surface area contributed by atoms with Crippen LogP contribution in [0.1, 0.15) is 23.9 Å². The highest BCUT2D eigenvalue weighted by molar-refractivity contribution is 5.72. The van der Waals surface area contributed by atoms with Gasteiger partial charge in [-0.05, 0) is 38.5 Å². The normalized spacial score (nSPS) is 10.5. The third-order valence-electron chi connectivity index (χ3n) is 3.33. The minimum absolute atomic E-state index is 0.0434. The number of aryl methyl sites for hydroxylation is 1. The molecule has 21 heavy (non-hydrogen) atoms. The van der Waals surface area contributed by atoms with Crippen LogP contribution in [0, 0.1) is 20.8 Å². The van der Waals surface area contributed by atoms with Gasteiger partial charge in [0.2, 0.25) is 5.91 Å². The van der Waals surface area contributed by atoms with Crippen LogP contribution in [0.4, 0.5) is 5.82 Å². The molecule has 0 aliphatic heterocycles. The third-order valence-corrected chi connectivity index (χ3v) is 3.33. The first-order chi connectivity index (χ1) is 9.99. The van der Waals surface area contributed by atoms with Crippen molar-refractivity contribution in [2.24, 2.45) is 0 Å². The summed E-state index contributed by atoms with van der Waals surface area (Å²) in [5.74, 6) is 1.32. The highest BCUT2D eigenvalue weighted by Crippen LogP contribution is 2.15. The second-order valence-corrected chi connectivity index (χ2v) is 4.89. The minimum Gasteiger partial charge on any atom is -0.367 e. The first-order valence-electron chi connectivity index (χ1n) is 6.84. The van der Waals surface area contributed by atoms with Gasteiger partial charge in [-0.2, -0.15) is 5.10 Å². The molecule has 2 heterocycles. The van der Waals surface area contributed by atoms with Gasteiger partial charge in [0.1, 0.15) is 5.82 Å². The fourth-order valence-corrected chi connectivity index (χ4v) is 1.91. The molecule has 0 saturated heterocycles. The van der Waals surface area contributed by atoms with Gasteiger partial charge >= 0.3 is 0 Å². The minimum atomic E-state index is -0.0434. The fourth-order valence-electron chi connectivity index (χ4n) is 1.91. The van der Waals surface area contributed by atoms with Gasteiger partial charge < -0.3 is 10.6 Å². The monoisotopic (exact) mass is 288 g/mol. The summed E-state index contributed by atoms with van der Waals surface area (Å²) >= 11 is 0. The summed E-state index contributed by atoms with van der Waals surface area (Å²) < 4.78 is 1.79. The largest absolute Gasteiger partial charge is 0.367 e. The van der Waals surface area contributed by atoms with Crippen molar-refractivity contribution in [3.05, 3.63) is 29.1 Å². The van der Waals surface area contributed by atoms with Gasteiger partial charge in [0.25, 0.3) is 0 Å². The lowest BCUT2D eigenvalue weighted by Crippen LogP contribution is -2.26. The second-order valence-electron chi connectivity index (χ2n) is 4.89. The molecule has 2 aromatic heterocycles. The average Bonchev–Trinajstić information content (AvgIpc) is 2.72. The van der Waals surface area contributed by atoms with Gasteiger partial charge in [-0.1, -0.05) is 0 Å². The number of rotatable bonds is 5. The smallest absolute Gasteiger partial charge is 0.216 e.